The van der Waals surface area contributed by atoms with E-state index in [2.05, 4.69) is 29.0 Å². The predicted molar refractivity (Wildman–Crippen MR) is 108 cm³/mol. The van der Waals surface area contributed by atoms with Gasteiger partial charge < -0.3 is 9.47 Å². The number of carbonyl (C=O) groups excluding carboxylic acids is 1. The van der Waals surface area contributed by atoms with E-state index >= 15 is 0 Å². The first-order chi connectivity index (χ1) is 13.2. The molecule has 0 atom stereocenters. The maximum Gasteiger partial charge on any atom is 0.305 e. The van der Waals surface area contributed by atoms with Gasteiger partial charge in [-0.15, -0.1) is 0 Å². The molecule has 0 unspecified atom stereocenters. The van der Waals surface area contributed by atoms with Crippen LogP contribution < -0.4 is 4.74 Å². The summed E-state index contributed by atoms with van der Waals surface area (Å²) in [5.41, 5.74) is 4.37. The third kappa shape index (κ3) is 5.35. The molecule has 0 aromatic heterocycles. The maximum atomic E-state index is 11.2. The SMILES string of the molecule is COC(=O)CCc1ccc(OCc2cccc(-c3ccccc3)c2)c(Cl)c1. The Morgan fingerprint density at radius 1 is 0.889 bits per heavy atom. The van der Waals surface area contributed by atoms with Gasteiger partial charge in [0.2, 0.25) is 0 Å². The van der Waals surface area contributed by atoms with Crippen molar-refractivity contribution in [3.63, 3.8) is 0 Å². The van der Waals surface area contributed by atoms with Gasteiger partial charge in [-0.3, -0.25) is 4.79 Å². The molecule has 0 radical (unpaired) electrons. The van der Waals surface area contributed by atoms with Gasteiger partial charge in [-0.25, -0.2) is 0 Å². The van der Waals surface area contributed by atoms with E-state index in [9.17, 15) is 4.79 Å². The maximum absolute atomic E-state index is 11.2. The fourth-order valence-electron chi connectivity index (χ4n) is 2.80. The molecule has 0 amide bonds. The van der Waals surface area contributed by atoms with Crippen LogP contribution >= 0.6 is 11.6 Å². The van der Waals surface area contributed by atoms with Gasteiger partial charge >= 0.3 is 5.97 Å². The molecule has 138 valence electrons. The van der Waals surface area contributed by atoms with Crippen molar-refractivity contribution in [3.8, 4) is 16.9 Å². The smallest absolute Gasteiger partial charge is 0.305 e. The Balaban J connectivity index is 1.64. The minimum atomic E-state index is -0.232. The van der Waals surface area contributed by atoms with E-state index < -0.39 is 0 Å². The van der Waals surface area contributed by atoms with Gasteiger partial charge in [0.25, 0.3) is 0 Å². The van der Waals surface area contributed by atoms with Crippen molar-refractivity contribution in [1.82, 2.24) is 0 Å². The quantitative estimate of drug-likeness (QED) is 0.494. The Bertz CT molecular complexity index is 907. The van der Waals surface area contributed by atoms with Crippen LogP contribution in [0.3, 0.4) is 0 Å². The average molecular weight is 381 g/mol. The van der Waals surface area contributed by atoms with Crippen LogP contribution in [0.5, 0.6) is 5.75 Å². The van der Waals surface area contributed by atoms with Crippen molar-refractivity contribution in [3.05, 3.63) is 88.9 Å². The molecule has 0 heterocycles. The molecular weight excluding hydrogens is 360 g/mol. The van der Waals surface area contributed by atoms with Crippen molar-refractivity contribution in [2.24, 2.45) is 0 Å². The van der Waals surface area contributed by atoms with E-state index in [1.165, 1.54) is 12.7 Å². The Hall–Kier alpha value is -2.78. The highest BCUT2D eigenvalue weighted by Crippen LogP contribution is 2.27. The zero-order valence-corrected chi connectivity index (χ0v) is 15.9. The summed E-state index contributed by atoms with van der Waals surface area (Å²) >= 11 is 6.33. The number of ether oxygens (including phenoxy) is 2. The van der Waals surface area contributed by atoms with Crippen LogP contribution in [0.25, 0.3) is 11.1 Å². The van der Waals surface area contributed by atoms with Crippen LogP contribution in [0.15, 0.2) is 72.8 Å². The molecule has 3 aromatic rings. The lowest BCUT2D eigenvalue weighted by Gasteiger charge is -2.11. The van der Waals surface area contributed by atoms with Crippen molar-refractivity contribution < 1.29 is 14.3 Å². The summed E-state index contributed by atoms with van der Waals surface area (Å²) in [7, 11) is 1.39. The van der Waals surface area contributed by atoms with E-state index in [4.69, 9.17) is 16.3 Å². The van der Waals surface area contributed by atoms with Crippen LogP contribution in [0.2, 0.25) is 5.02 Å². The molecule has 0 N–H and O–H groups in total. The molecule has 0 bridgehead atoms. The number of hydrogen-bond acceptors (Lipinski definition) is 3. The highest BCUT2D eigenvalue weighted by molar-refractivity contribution is 6.32. The van der Waals surface area contributed by atoms with Gasteiger partial charge in [-0.05, 0) is 46.9 Å². The second-order valence-electron chi connectivity index (χ2n) is 6.20. The second kappa shape index (κ2) is 9.24. The van der Waals surface area contributed by atoms with Crippen molar-refractivity contribution in [2.45, 2.75) is 19.4 Å². The fourth-order valence-corrected chi connectivity index (χ4v) is 3.06. The highest BCUT2D eigenvalue weighted by atomic mass is 35.5. The third-order valence-corrected chi connectivity index (χ3v) is 4.57. The summed E-state index contributed by atoms with van der Waals surface area (Å²) in [6, 6.07) is 24.1. The Morgan fingerprint density at radius 2 is 1.67 bits per heavy atom. The topological polar surface area (TPSA) is 35.5 Å². The molecule has 4 heteroatoms. The molecule has 3 aromatic carbocycles. The zero-order valence-electron chi connectivity index (χ0n) is 15.2. The standard InChI is InChI=1S/C23H21ClO3/c1-26-23(25)13-11-17-10-12-22(21(24)15-17)27-16-18-6-5-9-20(14-18)19-7-3-2-4-8-19/h2-10,12,14-15H,11,13,16H2,1H3. The van der Waals surface area contributed by atoms with E-state index in [-0.39, 0.29) is 5.97 Å². The zero-order chi connectivity index (χ0) is 19.1. The summed E-state index contributed by atoms with van der Waals surface area (Å²) < 4.78 is 10.6. The van der Waals surface area contributed by atoms with Crippen molar-refractivity contribution in [1.29, 1.82) is 0 Å². The van der Waals surface area contributed by atoms with Crippen LogP contribution in [0.1, 0.15) is 17.5 Å². The van der Waals surface area contributed by atoms with Crippen LogP contribution in [0.4, 0.5) is 0 Å². The van der Waals surface area contributed by atoms with Crippen molar-refractivity contribution in [2.75, 3.05) is 7.11 Å². The number of halogens is 1. The van der Waals surface area contributed by atoms with Gasteiger partial charge in [-0.2, -0.15) is 0 Å². The summed E-state index contributed by atoms with van der Waals surface area (Å²) in [5.74, 6) is 0.397. The molecule has 0 aliphatic carbocycles. The lowest BCUT2D eigenvalue weighted by atomic mass is 10.0. The largest absolute Gasteiger partial charge is 0.487 e. The number of benzene rings is 3. The number of aryl methyl sites for hydroxylation is 1. The lowest BCUT2D eigenvalue weighted by Crippen LogP contribution is -2.02. The molecule has 0 spiro atoms. The van der Waals surface area contributed by atoms with E-state index in [0.29, 0.717) is 30.2 Å². The molecule has 0 saturated heterocycles. The first-order valence-electron chi connectivity index (χ1n) is 8.78. The molecule has 3 nitrogen and oxygen atoms in total. The summed E-state index contributed by atoms with van der Waals surface area (Å²) in [6.45, 7) is 0.432. The van der Waals surface area contributed by atoms with E-state index in [1.807, 2.05) is 48.5 Å². The Labute approximate surface area is 164 Å². The fraction of sp³-hybridized carbons (Fsp3) is 0.174. The molecule has 0 aliphatic rings. The Morgan fingerprint density at radius 3 is 2.41 bits per heavy atom. The summed E-state index contributed by atoms with van der Waals surface area (Å²) in [5, 5.41) is 0.538. The van der Waals surface area contributed by atoms with Crippen LogP contribution in [-0.4, -0.2) is 13.1 Å². The highest BCUT2D eigenvalue weighted by Gasteiger charge is 2.07. The monoisotopic (exact) mass is 380 g/mol. The second-order valence-corrected chi connectivity index (χ2v) is 6.60. The number of rotatable bonds is 7. The van der Waals surface area contributed by atoms with Crippen molar-refractivity contribution >= 4 is 17.6 Å². The minimum Gasteiger partial charge on any atom is -0.487 e. The first kappa shape index (κ1) is 19.0. The lowest BCUT2D eigenvalue weighted by molar-refractivity contribution is -0.140. The number of esters is 1. The number of hydrogen-bond donors (Lipinski definition) is 0. The van der Waals surface area contributed by atoms with Crippen LogP contribution in [0, 0.1) is 0 Å². The van der Waals surface area contributed by atoms with Gasteiger partial charge in [0.15, 0.2) is 0 Å². The third-order valence-electron chi connectivity index (χ3n) is 4.27. The number of methoxy groups -OCH3 is 1. The van der Waals surface area contributed by atoms with E-state index in [1.54, 1.807) is 0 Å². The van der Waals surface area contributed by atoms with Gasteiger partial charge in [0, 0.05) is 6.42 Å². The van der Waals surface area contributed by atoms with Crippen LogP contribution in [-0.2, 0) is 22.6 Å². The molecular formula is C23H21ClO3. The molecule has 0 fully saturated rings. The molecule has 0 aliphatic heterocycles. The predicted octanol–water partition coefficient (Wildman–Crippen LogP) is 5.69. The normalized spacial score (nSPS) is 10.4. The average Bonchev–Trinajstić information content (AvgIpc) is 2.72. The minimum absolute atomic E-state index is 0.232. The first-order valence-corrected chi connectivity index (χ1v) is 9.16. The summed E-state index contributed by atoms with van der Waals surface area (Å²) in [6.07, 6.45) is 0.922. The number of carbonyl (C=O) groups is 1. The van der Waals surface area contributed by atoms with E-state index in [0.717, 1.165) is 16.7 Å². The molecule has 0 saturated carbocycles. The van der Waals surface area contributed by atoms with Gasteiger partial charge in [0.05, 0.1) is 12.1 Å². The summed E-state index contributed by atoms with van der Waals surface area (Å²) in [4.78, 5) is 11.2. The Kier molecular flexibility index (Phi) is 6.50. The van der Waals surface area contributed by atoms with Gasteiger partial charge in [0.1, 0.15) is 12.4 Å². The molecule has 3 rings (SSSR count). The molecule has 27 heavy (non-hydrogen) atoms. The van der Waals surface area contributed by atoms with Gasteiger partial charge in [-0.1, -0.05) is 66.2 Å².